The van der Waals surface area contributed by atoms with Crippen molar-refractivity contribution in [3.63, 3.8) is 0 Å². The van der Waals surface area contributed by atoms with Gasteiger partial charge in [0, 0.05) is 6.42 Å². The van der Waals surface area contributed by atoms with Gasteiger partial charge < -0.3 is 0 Å². The molecule has 0 radical (unpaired) electrons. The molecule has 3 heterocycles. The van der Waals surface area contributed by atoms with Gasteiger partial charge >= 0.3 is 0 Å². The fraction of sp³-hybridized carbons (Fsp3) is 0.207. The highest BCUT2D eigenvalue weighted by atomic mass is 32.2. The molecule has 192 valence electrons. The number of nitrogens with zero attached hydrogens (tertiary/aromatic N) is 3. The van der Waals surface area contributed by atoms with Crippen LogP contribution in [0.15, 0.2) is 94.9 Å². The van der Waals surface area contributed by atoms with Gasteiger partial charge in [0.05, 0.1) is 39.9 Å². The van der Waals surface area contributed by atoms with Crippen LogP contribution in [0.4, 0.5) is 5.69 Å². The Hall–Kier alpha value is -3.27. The van der Waals surface area contributed by atoms with E-state index in [1.54, 1.807) is 0 Å². The number of thioether (sulfide) groups is 1. The van der Waals surface area contributed by atoms with Gasteiger partial charge in [-0.3, -0.25) is 14.7 Å². The fourth-order valence-corrected chi connectivity index (χ4v) is 8.24. The third-order valence-corrected chi connectivity index (χ3v) is 10.1. The van der Waals surface area contributed by atoms with Crippen LogP contribution in [0.5, 0.6) is 0 Å². The average Bonchev–Trinajstić information content (AvgIpc) is 3.60. The van der Waals surface area contributed by atoms with Crippen molar-refractivity contribution in [1.82, 2.24) is 4.90 Å². The summed E-state index contributed by atoms with van der Waals surface area (Å²) >= 11 is 6.67. The lowest BCUT2D eigenvalue weighted by Gasteiger charge is -2.24. The van der Waals surface area contributed by atoms with Crippen LogP contribution in [0.1, 0.15) is 35.6 Å². The van der Waals surface area contributed by atoms with Gasteiger partial charge in [0.1, 0.15) is 4.32 Å². The van der Waals surface area contributed by atoms with Gasteiger partial charge in [-0.05, 0) is 41.3 Å². The number of thiocarbonyl (C=S) groups is 1. The van der Waals surface area contributed by atoms with E-state index in [0.717, 1.165) is 28.9 Å². The van der Waals surface area contributed by atoms with Gasteiger partial charge in [-0.1, -0.05) is 96.8 Å². The Morgan fingerprint density at radius 3 is 2.29 bits per heavy atom. The molecule has 2 atom stereocenters. The first-order valence-electron chi connectivity index (χ1n) is 12.4. The molecule has 9 heteroatoms. The summed E-state index contributed by atoms with van der Waals surface area (Å²) in [7, 11) is -3.11. The largest absolute Gasteiger partial charge is 0.289 e. The molecule has 0 bridgehead atoms. The maximum atomic E-state index is 13.1. The van der Waals surface area contributed by atoms with Crippen LogP contribution < -0.4 is 5.01 Å². The molecule has 0 saturated carbocycles. The summed E-state index contributed by atoms with van der Waals surface area (Å²) in [5.41, 5.74) is 5.19. The monoisotopic (exact) mass is 559 g/mol. The SMILES string of the molecule is O=C1/C(=C/c2ccc(N3N=C(c4ccccc4)C[C@@H]3c3ccccc3)cc2)SC(=S)N1[C@H]1CCS(=O)(=O)C1. The summed E-state index contributed by atoms with van der Waals surface area (Å²) in [6.45, 7) is 0. The maximum absolute atomic E-state index is 13.1. The summed E-state index contributed by atoms with van der Waals surface area (Å²) in [5.74, 6) is -0.137. The van der Waals surface area contributed by atoms with E-state index in [-0.39, 0.29) is 29.5 Å². The predicted molar refractivity (Wildman–Crippen MR) is 158 cm³/mol. The molecule has 3 aliphatic heterocycles. The number of benzene rings is 3. The van der Waals surface area contributed by atoms with Crippen molar-refractivity contribution in [3.05, 3.63) is 107 Å². The van der Waals surface area contributed by atoms with Crippen LogP contribution in [0.2, 0.25) is 0 Å². The van der Waals surface area contributed by atoms with Crippen LogP contribution in [0, 0.1) is 0 Å². The molecule has 0 aromatic heterocycles. The van der Waals surface area contributed by atoms with Crippen molar-refractivity contribution < 1.29 is 13.2 Å². The van der Waals surface area contributed by atoms with E-state index in [1.165, 1.54) is 22.2 Å². The van der Waals surface area contributed by atoms with Crippen molar-refractivity contribution >= 4 is 61.5 Å². The number of amides is 1. The second-order valence-corrected chi connectivity index (χ2v) is 13.5. The zero-order valence-electron chi connectivity index (χ0n) is 20.4. The number of hydrogen-bond acceptors (Lipinski definition) is 7. The van der Waals surface area contributed by atoms with Crippen molar-refractivity contribution in [1.29, 1.82) is 0 Å². The normalized spacial score (nSPS) is 23.9. The minimum absolute atomic E-state index is 0.0225. The zero-order chi connectivity index (χ0) is 26.3. The molecule has 2 saturated heterocycles. The summed E-state index contributed by atoms with van der Waals surface area (Å²) in [6, 6.07) is 28.3. The minimum atomic E-state index is -3.11. The van der Waals surface area contributed by atoms with Crippen LogP contribution in [0.3, 0.4) is 0 Å². The molecule has 3 aliphatic rings. The molecule has 0 spiro atoms. The number of anilines is 1. The van der Waals surface area contributed by atoms with E-state index in [1.807, 2.05) is 66.7 Å². The van der Waals surface area contributed by atoms with E-state index in [0.29, 0.717) is 15.6 Å². The van der Waals surface area contributed by atoms with Crippen LogP contribution >= 0.6 is 24.0 Å². The first kappa shape index (κ1) is 25.0. The molecule has 3 aromatic carbocycles. The molecule has 6 rings (SSSR count). The molecule has 3 aromatic rings. The number of hydrazone groups is 1. The number of carbonyl (C=O) groups is 1. The van der Waals surface area contributed by atoms with Crippen molar-refractivity contribution in [3.8, 4) is 0 Å². The minimum Gasteiger partial charge on any atom is -0.289 e. The second kappa shape index (κ2) is 10.1. The van der Waals surface area contributed by atoms with Crippen LogP contribution in [0.25, 0.3) is 6.08 Å². The number of hydrogen-bond donors (Lipinski definition) is 0. The van der Waals surface area contributed by atoms with E-state index in [4.69, 9.17) is 17.3 Å². The standard InChI is InChI=1S/C29H25N3O3S3/c33-28-27(37-29(36)31(28)24-15-16-38(34,35)19-24)17-20-11-13-23(14-12-20)32-26(22-9-5-2-6-10-22)18-25(30-32)21-7-3-1-4-8-21/h1-14,17,24,26H,15-16,18-19H2/b27-17-/t24-,26+/m0/s1. The van der Waals surface area contributed by atoms with Gasteiger partial charge in [0.25, 0.3) is 5.91 Å². The van der Waals surface area contributed by atoms with E-state index in [9.17, 15) is 13.2 Å². The lowest BCUT2D eigenvalue weighted by molar-refractivity contribution is -0.123. The number of carbonyl (C=O) groups excluding carboxylic acids is 1. The van der Waals surface area contributed by atoms with Gasteiger partial charge in [-0.2, -0.15) is 5.10 Å². The first-order valence-corrected chi connectivity index (χ1v) is 15.5. The first-order chi connectivity index (χ1) is 18.4. The molecule has 0 aliphatic carbocycles. The molecule has 38 heavy (non-hydrogen) atoms. The summed E-state index contributed by atoms with van der Waals surface area (Å²) < 4.78 is 24.3. The Labute approximate surface area is 232 Å². The van der Waals surface area contributed by atoms with Gasteiger partial charge in [0.15, 0.2) is 9.84 Å². The van der Waals surface area contributed by atoms with Gasteiger partial charge in [0.2, 0.25) is 0 Å². The summed E-state index contributed by atoms with van der Waals surface area (Å²) in [6.07, 6.45) is 3.06. The highest BCUT2D eigenvalue weighted by Gasteiger charge is 2.42. The number of sulfone groups is 1. The molecule has 0 N–H and O–H groups in total. The van der Waals surface area contributed by atoms with Crippen molar-refractivity contribution in [2.45, 2.75) is 24.9 Å². The topological polar surface area (TPSA) is 70.1 Å². The maximum Gasteiger partial charge on any atom is 0.266 e. The third kappa shape index (κ3) is 4.93. The molecule has 0 unspecified atom stereocenters. The Balaban J connectivity index is 1.25. The van der Waals surface area contributed by atoms with E-state index in [2.05, 4.69) is 29.3 Å². The number of rotatable bonds is 5. The molecule has 2 fully saturated rings. The predicted octanol–water partition coefficient (Wildman–Crippen LogP) is 5.43. The summed E-state index contributed by atoms with van der Waals surface area (Å²) in [5, 5.41) is 7.08. The van der Waals surface area contributed by atoms with E-state index >= 15 is 0 Å². The fourth-order valence-electron chi connectivity index (χ4n) is 5.14. The highest BCUT2D eigenvalue weighted by Crippen LogP contribution is 2.38. The van der Waals surface area contributed by atoms with E-state index < -0.39 is 9.84 Å². The summed E-state index contributed by atoms with van der Waals surface area (Å²) in [4.78, 5) is 15.1. The van der Waals surface area contributed by atoms with Gasteiger partial charge in [-0.25, -0.2) is 8.42 Å². The molecule has 6 nitrogen and oxygen atoms in total. The average molecular weight is 560 g/mol. The Bertz CT molecular complexity index is 1550. The Kier molecular flexibility index (Phi) is 6.67. The van der Waals surface area contributed by atoms with Crippen molar-refractivity contribution in [2.24, 2.45) is 5.10 Å². The quantitative estimate of drug-likeness (QED) is 0.307. The lowest BCUT2D eigenvalue weighted by atomic mass is 9.98. The Morgan fingerprint density at radius 2 is 1.63 bits per heavy atom. The smallest absolute Gasteiger partial charge is 0.266 e. The third-order valence-electron chi connectivity index (χ3n) is 7.05. The lowest BCUT2D eigenvalue weighted by Crippen LogP contribution is -2.39. The zero-order valence-corrected chi connectivity index (χ0v) is 22.9. The highest BCUT2D eigenvalue weighted by molar-refractivity contribution is 8.26. The molecule has 1 amide bonds. The van der Waals surface area contributed by atoms with Gasteiger partial charge in [-0.15, -0.1) is 0 Å². The second-order valence-electron chi connectivity index (χ2n) is 9.59. The molecular weight excluding hydrogens is 535 g/mol. The van der Waals surface area contributed by atoms with Crippen LogP contribution in [-0.4, -0.2) is 46.8 Å². The van der Waals surface area contributed by atoms with Crippen molar-refractivity contribution in [2.75, 3.05) is 16.5 Å². The molecular formula is C29H25N3O3S3. The Morgan fingerprint density at radius 1 is 0.947 bits per heavy atom. The van der Waals surface area contributed by atoms with Crippen LogP contribution in [-0.2, 0) is 14.6 Å².